The Labute approximate surface area is 219 Å². The number of fused-ring (bicyclic) bond motifs is 1. The van der Waals surface area contributed by atoms with E-state index >= 15 is 0 Å². The van der Waals surface area contributed by atoms with Crippen LogP contribution < -0.4 is 25.8 Å². The third-order valence-corrected chi connectivity index (χ3v) is 6.16. The zero-order chi connectivity index (χ0) is 26.9. The summed E-state index contributed by atoms with van der Waals surface area (Å²) in [6.07, 6.45) is 4.48. The second-order valence-corrected chi connectivity index (χ2v) is 8.96. The van der Waals surface area contributed by atoms with Crippen LogP contribution in [0.2, 0.25) is 0 Å². The number of carboxylic acids is 1. The van der Waals surface area contributed by atoms with Crippen molar-refractivity contribution < 1.29 is 28.9 Å². The van der Waals surface area contributed by atoms with Crippen LogP contribution in [-0.2, 0) is 16.1 Å². The number of rotatable bonds is 13. The topological polar surface area (TPSA) is 176 Å². The summed E-state index contributed by atoms with van der Waals surface area (Å²) in [5.41, 5.74) is 8.01. The normalized spacial score (nSPS) is 15.3. The molecule has 38 heavy (non-hydrogen) atoms. The molecule has 1 saturated heterocycles. The van der Waals surface area contributed by atoms with Crippen LogP contribution >= 0.6 is 0 Å². The molecule has 1 aliphatic heterocycles. The number of nitrogen functional groups attached to an aromatic ring is 1. The molecule has 1 aromatic carbocycles. The van der Waals surface area contributed by atoms with E-state index in [0.717, 1.165) is 24.9 Å². The summed E-state index contributed by atoms with van der Waals surface area (Å²) in [5, 5.41) is 15.5. The van der Waals surface area contributed by atoms with Gasteiger partial charge in [-0.15, -0.1) is 0 Å². The predicted octanol–water partition coefficient (Wildman–Crippen LogP) is 1.21. The Hall–Kier alpha value is -3.97. The number of aromatic nitrogens is 4. The number of carboxylic acid groups (broad SMARTS) is 1. The highest BCUT2D eigenvalue weighted by Crippen LogP contribution is 2.26. The molecule has 0 aliphatic carbocycles. The number of nitrogens with one attached hydrogen (secondary N) is 2. The monoisotopic (exact) mass is 527 g/mol. The Bertz CT molecular complexity index is 1240. The van der Waals surface area contributed by atoms with Gasteiger partial charge in [0.15, 0.2) is 23.6 Å². The largest absolute Gasteiger partial charge is 0.479 e. The zero-order valence-electron chi connectivity index (χ0n) is 21.3. The Morgan fingerprint density at radius 2 is 1.97 bits per heavy atom. The molecular weight excluding hydrogens is 494 g/mol. The second kappa shape index (κ2) is 13.0. The minimum absolute atomic E-state index is 0.0237. The third kappa shape index (κ3) is 7.07. The van der Waals surface area contributed by atoms with Crippen molar-refractivity contribution in [3.05, 3.63) is 35.4 Å². The molecule has 1 unspecified atom stereocenters. The Kier molecular flexibility index (Phi) is 9.27. The molecule has 0 spiro atoms. The molecule has 204 valence electrons. The lowest BCUT2D eigenvalue weighted by molar-refractivity contribution is -0.139. The van der Waals surface area contributed by atoms with Crippen molar-refractivity contribution in [3.63, 3.8) is 0 Å². The van der Waals surface area contributed by atoms with Gasteiger partial charge in [-0.25, -0.2) is 4.79 Å². The van der Waals surface area contributed by atoms with E-state index in [4.69, 9.17) is 25.1 Å². The van der Waals surface area contributed by atoms with E-state index in [1.807, 2.05) is 12.1 Å². The molecule has 0 radical (unpaired) electrons. The van der Waals surface area contributed by atoms with Crippen LogP contribution in [0.4, 0.5) is 5.82 Å². The van der Waals surface area contributed by atoms with Crippen LogP contribution in [0.5, 0.6) is 12.0 Å². The van der Waals surface area contributed by atoms with Gasteiger partial charge in [-0.2, -0.15) is 15.0 Å². The number of methoxy groups -OCH3 is 1. The molecule has 0 saturated carbocycles. The zero-order valence-corrected chi connectivity index (χ0v) is 21.3. The minimum atomic E-state index is -1.15. The quantitative estimate of drug-likeness (QED) is 0.235. The maximum absolute atomic E-state index is 12.6. The minimum Gasteiger partial charge on any atom is -0.479 e. The molecule has 2 aromatic heterocycles. The van der Waals surface area contributed by atoms with Gasteiger partial charge in [0, 0.05) is 25.3 Å². The van der Waals surface area contributed by atoms with E-state index in [1.54, 1.807) is 23.8 Å². The Morgan fingerprint density at radius 3 is 2.68 bits per heavy atom. The number of amides is 1. The number of nitrogens with two attached hydrogens (primary N) is 1. The predicted molar refractivity (Wildman–Crippen MR) is 138 cm³/mol. The average Bonchev–Trinajstić information content (AvgIpc) is 3.26. The maximum Gasteiger partial charge on any atom is 0.341 e. The number of ether oxygens (including phenoxy) is 3. The SMILES string of the molecule is COCCOc1nc(N)c2nc(OCC(=O)O)n(Cc3ccc(C(=O)NCCC4CCCCN4)cc3)c2n1. The standard InChI is InChI=1S/C25H33N7O6/c1-36-12-13-37-24-30-21(26)20-22(31-24)32(25(29-20)38-15-19(33)34)14-16-5-7-17(8-6-16)23(35)28-11-9-18-4-2-3-10-27-18/h5-8,18,27H,2-4,9-15H2,1H3,(H,28,35)(H,33,34)(H2,26,30,31). The lowest BCUT2D eigenvalue weighted by atomic mass is 10.0. The van der Waals surface area contributed by atoms with E-state index in [-0.39, 0.29) is 42.4 Å². The maximum atomic E-state index is 12.6. The van der Waals surface area contributed by atoms with E-state index in [1.165, 1.54) is 12.8 Å². The number of nitrogens with zero attached hydrogens (tertiary/aromatic N) is 4. The summed E-state index contributed by atoms with van der Waals surface area (Å²) in [6, 6.07) is 7.61. The number of anilines is 1. The van der Waals surface area contributed by atoms with Gasteiger partial charge in [0.2, 0.25) is 0 Å². The number of hydrogen-bond acceptors (Lipinski definition) is 10. The summed E-state index contributed by atoms with van der Waals surface area (Å²) in [6.45, 7) is 1.84. The molecule has 13 nitrogen and oxygen atoms in total. The molecule has 5 N–H and O–H groups in total. The van der Waals surface area contributed by atoms with E-state index in [0.29, 0.717) is 30.4 Å². The molecule has 1 aliphatic rings. The molecule has 1 fully saturated rings. The first kappa shape index (κ1) is 27.1. The van der Waals surface area contributed by atoms with Gasteiger partial charge < -0.3 is 35.7 Å². The highest BCUT2D eigenvalue weighted by atomic mass is 16.5. The molecule has 3 heterocycles. The average molecular weight is 528 g/mol. The van der Waals surface area contributed by atoms with Gasteiger partial charge in [-0.05, 0) is 43.5 Å². The fraction of sp³-hybridized carbons (Fsp3) is 0.480. The molecular formula is C25H33N7O6. The third-order valence-electron chi connectivity index (χ3n) is 6.16. The summed E-state index contributed by atoms with van der Waals surface area (Å²) in [4.78, 5) is 36.5. The molecule has 1 atom stereocenters. The fourth-order valence-electron chi connectivity index (χ4n) is 4.22. The Balaban J connectivity index is 1.48. The summed E-state index contributed by atoms with van der Waals surface area (Å²) in [5.74, 6) is -1.22. The highest BCUT2D eigenvalue weighted by Gasteiger charge is 2.20. The number of carbonyl (C=O) groups excluding carboxylic acids is 1. The molecule has 1 amide bonds. The number of piperidine rings is 1. The first-order chi connectivity index (χ1) is 18.4. The fourth-order valence-corrected chi connectivity index (χ4v) is 4.22. The van der Waals surface area contributed by atoms with E-state index in [9.17, 15) is 9.59 Å². The summed E-state index contributed by atoms with van der Waals surface area (Å²) < 4.78 is 17.5. The number of benzene rings is 1. The number of aliphatic carboxylic acids is 1. The molecule has 4 rings (SSSR count). The smallest absolute Gasteiger partial charge is 0.341 e. The van der Waals surface area contributed by atoms with E-state index < -0.39 is 12.6 Å². The second-order valence-electron chi connectivity index (χ2n) is 8.96. The van der Waals surface area contributed by atoms with Gasteiger partial charge >= 0.3 is 12.0 Å². The highest BCUT2D eigenvalue weighted by molar-refractivity contribution is 5.94. The van der Waals surface area contributed by atoms with Crippen molar-refractivity contribution in [3.8, 4) is 12.0 Å². The van der Waals surface area contributed by atoms with Crippen molar-refractivity contribution in [1.29, 1.82) is 0 Å². The number of carbonyl (C=O) groups is 2. The molecule has 13 heteroatoms. The summed E-state index contributed by atoms with van der Waals surface area (Å²) in [7, 11) is 1.55. The van der Waals surface area contributed by atoms with E-state index in [2.05, 4.69) is 25.6 Å². The van der Waals surface area contributed by atoms with Crippen molar-refractivity contribution in [2.24, 2.45) is 0 Å². The molecule has 3 aromatic rings. The van der Waals surface area contributed by atoms with Crippen LogP contribution in [0.15, 0.2) is 24.3 Å². The van der Waals surface area contributed by atoms with Crippen LogP contribution in [0, 0.1) is 0 Å². The van der Waals surface area contributed by atoms with Crippen molar-refractivity contribution in [2.45, 2.75) is 38.3 Å². The van der Waals surface area contributed by atoms with Crippen LogP contribution in [-0.4, -0.2) is 82.6 Å². The van der Waals surface area contributed by atoms with Gasteiger partial charge in [-0.1, -0.05) is 18.6 Å². The van der Waals surface area contributed by atoms with Gasteiger partial charge in [-0.3, -0.25) is 9.36 Å². The van der Waals surface area contributed by atoms with Crippen molar-refractivity contribution in [2.75, 3.05) is 45.8 Å². The first-order valence-corrected chi connectivity index (χ1v) is 12.5. The number of imidazole rings is 1. The van der Waals surface area contributed by atoms with Crippen molar-refractivity contribution in [1.82, 2.24) is 30.2 Å². The lowest BCUT2D eigenvalue weighted by Gasteiger charge is -2.23. The molecule has 0 bridgehead atoms. The van der Waals surface area contributed by atoms with Crippen LogP contribution in [0.1, 0.15) is 41.6 Å². The lowest BCUT2D eigenvalue weighted by Crippen LogP contribution is -2.37. The van der Waals surface area contributed by atoms with Crippen LogP contribution in [0.3, 0.4) is 0 Å². The van der Waals surface area contributed by atoms with Crippen molar-refractivity contribution >= 4 is 28.9 Å². The van der Waals surface area contributed by atoms with Gasteiger partial charge in [0.05, 0.1) is 13.2 Å². The Morgan fingerprint density at radius 1 is 1.16 bits per heavy atom. The van der Waals surface area contributed by atoms with Gasteiger partial charge in [0.25, 0.3) is 11.9 Å². The first-order valence-electron chi connectivity index (χ1n) is 12.5. The van der Waals surface area contributed by atoms with Crippen LogP contribution in [0.25, 0.3) is 11.2 Å². The number of hydrogen-bond donors (Lipinski definition) is 4. The summed E-state index contributed by atoms with van der Waals surface area (Å²) >= 11 is 0. The van der Waals surface area contributed by atoms with Gasteiger partial charge in [0.1, 0.15) is 6.61 Å².